The number of rotatable bonds is 5. The molecule has 1 N–H and O–H groups in total. The second kappa shape index (κ2) is 10.2. The third-order valence-corrected chi connectivity index (χ3v) is 7.77. The molecule has 3 heterocycles. The summed E-state index contributed by atoms with van der Waals surface area (Å²) in [5.41, 5.74) is 6.02. The van der Waals surface area contributed by atoms with Crippen molar-refractivity contribution in [3.05, 3.63) is 94.6 Å². The van der Waals surface area contributed by atoms with Gasteiger partial charge < -0.3 is 10.0 Å². The minimum absolute atomic E-state index is 0.0962. The first-order valence-electron chi connectivity index (χ1n) is 13.6. The van der Waals surface area contributed by atoms with Gasteiger partial charge in [-0.1, -0.05) is 18.2 Å². The maximum Gasteiger partial charge on any atom is 0.335 e. The summed E-state index contributed by atoms with van der Waals surface area (Å²) in [7, 11) is 0. The van der Waals surface area contributed by atoms with Crippen LogP contribution in [-0.4, -0.2) is 47.5 Å². The Morgan fingerprint density at radius 1 is 0.976 bits per heavy atom. The molecular formula is C32H29N5O4. The van der Waals surface area contributed by atoms with Crippen LogP contribution in [0.25, 0.3) is 0 Å². The fourth-order valence-corrected chi connectivity index (χ4v) is 5.59. The van der Waals surface area contributed by atoms with Crippen LogP contribution in [0.4, 0.5) is 22.7 Å². The molecule has 3 aliphatic rings. The van der Waals surface area contributed by atoms with Crippen LogP contribution in [0.15, 0.2) is 88.0 Å². The summed E-state index contributed by atoms with van der Waals surface area (Å²) in [6.45, 7) is 7.81. The lowest BCUT2D eigenvalue weighted by atomic mass is 9.95. The zero-order valence-electron chi connectivity index (χ0n) is 23.1. The number of fused-ring (bicyclic) bond motifs is 2. The molecule has 0 spiro atoms. The number of hydrogen-bond donors (Lipinski definition) is 1. The van der Waals surface area contributed by atoms with Crippen LogP contribution >= 0.6 is 0 Å². The van der Waals surface area contributed by atoms with Crippen molar-refractivity contribution in [1.82, 2.24) is 0 Å². The fraction of sp³-hybridized carbons (Fsp3) is 0.219. The second-order valence-corrected chi connectivity index (χ2v) is 10.3. The summed E-state index contributed by atoms with van der Waals surface area (Å²) in [5.74, 6) is -1.64. The first kappa shape index (κ1) is 26.2. The Hall–Kier alpha value is -5.05. The Bertz CT molecular complexity index is 1690. The van der Waals surface area contributed by atoms with Crippen molar-refractivity contribution in [2.24, 2.45) is 10.1 Å². The number of aryl methyl sites for hydroxylation is 2. The molecule has 9 heteroatoms. The monoisotopic (exact) mass is 547 g/mol. The highest BCUT2D eigenvalue weighted by atomic mass is 16.4. The number of para-hydroxylation sites is 1. The molecule has 3 aromatic rings. The van der Waals surface area contributed by atoms with Gasteiger partial charge in [-0.25, -0.2) is 9.79 Å². The Morgan fingerprint density at radius 3 is 2.39 bits per heavy atom. The van der Waals surface area contributed by atoms with E-state index in [2.05, 4.69) is 29.1 Å². The van der Waals surface area contributed by atoms with Crippen molar-refractivity contribution < 1.29 is 19.5 Å². The lowest BCUT2D eigenvalue weighted by Gasteiger charge is -2.31. The van der Waals surface area contributed by atoms with Crippen LogP contribution in [0.5, 0.6) is 0 Å². The SMILES string of the molecule is CCN1CCCc2cc(N=C3C(=O)N(c4ccccc4)C4=NN(c5ccc(C(=O)O)cc5)C(=O)C4=C3C)c(C)cc21. The van der Waals surface area contributed by atoms with Gasteiger partial charge in [0.25, 0.3) is 11.8 Å². The van der Waals surface area contributed by atoms with Crippen LogP contribution in [0.1, 0.15) is 41.8 Å². The normalized spacial score (nSPS) is 17.7. The van der Waals surface area contributed by atoms with Crippen LogP contribution in [0.3, 0.4) is 0 Å². The number of carboxylic acids is 1. The van der Waals surface area contributed by atoms with Gasteiger partial charge >= 0.3 is 5.97 Å². The van der Waals surface area contributed by atoms with Crippen molar-refractivity contribution in [3.63, 3.8) is 0 Å². The molecule has 206 valence electrons. The number of aromatic carboxylic acids is 1. The summed E-state index contributed by atoms with van der Waals surface area (Å²) in [6.07, 6.45) is 2.00. The first-order valence-corrected chi connectivity index (χ1v) is 13.6. The molecule has 0 bridgehead atoms. The van der Waals surface area contributed by atoms with Crippen molar-refractivity contribution in [2.75, 3.05) is 27.9 Å². The number of carboxylic acid groups (broad SMARTS) is 1. The molecule has 41 heavy (non-hydrogen) atoms. The molecule has 0 radical (unpaired) electrons. The summed E-state index contributed by atoms with van der Waals surface area (Å²) in [5, 5.41) is 15.0. The lowest BCUT2D eigenvalue weighted by Crippen LogP contribution is -2.47. The van der Waals surface area contributed by atoms with Crippen molar-refractivity contribution in [2.45, 2.75) is 33.6 Å². The molecule has 0 saturated heterocycles. The standard InChI is InChI=1S/C32H29N5O4/c1-4-35-16-8-9-22-18-25(19(2)17-26(22)35)33-28-20(3)27-29(36(31(28)39)23-10-6-5-7-11-23)34-37(30(27)38)24-14-12-21(13-15-24)32(40)41/h5-7,10-15,17-18H,4,8-9,16H2,1-3H3,(H,40,41). The summed E-state index contributed by atoms with van der Waals surface area (Å²) < 4.78 is 0. The van der Waals surface area contributed by atoms with Crippen molar-refractivity contribution in [1.29, 1.82) is 0 Å². The van der Waals surface area contributed by atoms with Gasteiger partial charge in [-0.05, 0) is 98.8 Å². The van der Waals surface area contributed by atoms with E-state index in [0.29, 0.717) is 22.6 Å². The van der Waals surface area contributed by atoms with E-state index < -0.39 is 11.9 Å². The molecule has 3 aliphatic heterocycles. The van der Waals surface area contributed by atoms with Gasteiger partial charge in [0.05, 0.1) is 28.2 Å². The first-order chi connectivity index (χ1) is 19.8. The van der Waals surface area contributed by atoms with E-state index in [0.717, 1.165) is 31.5 Å². The van der Waals surface area contributed by atoms with Gasteiger partial charge in [-0.2, -0.15) is 5.01 Å². The quantitative estimate of drug-likeness (QED) is 0.469. The number of hydrogen-bond acceptors (Lipinski definition) is 6. The molecule has 0 aromatic heterocycles. The zero-order chi connectivity index (χ0) is 28.8. The summed E-state index contributed by atoms with van der Waals surface area (Å²) >= 11 is 0. The predicted molar refractivity (Wildman–Crippen MR) is 159 cm³/mol. The van der Waals surface area contributed by atoms with E-state index in [1.54, 1.807) is 19.1 Å². The Balaban J connectivity index is 1.49. The lowest BCUT2D eigenvalue weighted by molar-refractivity contribution is -0.114. The number of nitrogens with zero attached hydrogens (tertiary/aromatic N) is 5. The molecule has 0 aliphatic carbocycles. The molecular weight excluding hydrogens is 518 g/mol. The van der Waals surface area contributed by atoms with Crippen molar-refractivity contribution in [3.8, 4) is 0 Å². The van der Waals surface area contributed by atoms with Crippen LogP contribution < -0.4 is 14.8 Å². The number of benzene rings is 3. The Morgan fingerprint density at radius 2 is 1.71 bits per heavy atom. The summed E-state index contributed by atoms with van der Waals surface area (Å²) in [4.78, 5) is 48.0. The Kier molecular flexibility index (Phi) is 6.49. The van der Waals surface area contributed by atoms with Gasteiger partial charge in [0, 0.05) is 18.8 Å². The largest absolute Gasteiger partial charge is 0.478 e. The van der Waals surface area contributed by atoms with Gasteiger partial charge in [-0.3, -0.25) is 14.5 Å². The average molecular weight is 548 g/mol. The number of carbonyl (C=O) groups is 3. The Labute approximate surface area is 237 Å². The number of hydrazone groups is 1. The zero-order valence-corrected chi connectivity index (χ0v) is 23.1. The molecule has 0 saturated carbocycles. The van der Waals surface area contributed by atoms with E-state index in [9.17, 15) is 19.5 Å². The van der Waals surface area contributed by atoms with Crippen LogP contribution in [0.2, 0.25) is 0 Å². The molecule has 0 atom stereocenters. The number of aliphatic imine (C=N–C) groups is 1. The highest BCUT2D eigenvalue weighted by molar-refractivity contribution is 6.61. The van der Waals surface area contributed by atoms with E-state index in [1.807, 2.05) is 25.1 Å². The number of amidine groups is 1. The predicted octanol–water partition coefficient (Wildman–Crippen LogP) is 5.26. The maximum atomic E-state index is 14.1. The molecule has 3 aromatic carbocycles. The van der Waals surface area contributed by atoms with E-state index in [1.165, 1.54) is 45.4 Å². The van der Waals surface area contributed by atoms with Gasteiger partial charge in [-0.15, -0.1) is 5.10 Å². The highest BCUT2D eigenvalue weighted by Crippen LogP contribution is 2.37. The third kappa shape index (κ3) is 4.39. The molecule has 6 rings (SSSR count). The fourth-order valence-electron chi connectivity index (χ4n) is 5.59. The summed E-state index contributed by atoms with van der Waals surface area (Å²) in [6, 6.07) is 19.1. The molecule has 0 unspecified atom stereocenters. The third-order valence-electron chi connectivity index (χ3n) is 7.77. The molecule has 2 amide bonds. The number of carbonyl (C=O) groups excluding carboxylic acids is 2. The second-order valence-electron chi connectivity index (χ2n) is 10.3. The van der Waals surface area contributed by atoms with E-state index in [4.69, 9.17) is 4.99 Å². The van der Waals surface area contributed by atoms with Gasteiger partial charge in [0.2, 0.25) is 0 Å². The smallest absolute Gasteiger partial charge is 0.335 e. The van der Waals surface area contributed by atoms with Crippen LogP contribution in [-0.2, 0) is 16.0 Å². The molecule has 9 nitrogen and oxygen atoms in total. The maximum absolute atomic E-state index is 14.1. The minimum atomic E-state index is -1.07. The van der Waals surface area contributed by atoms with Gasteiger partial charge in [0.15, 0.2) is 5.84 Å². The van der Waals surface area contributed by atoms with Crippen LogP contribution in [0, 0.1) is 6.92 Å². The van der Waals surface area contributed by atoms with E-state index >= 15 is 0 Å². The average Bonchev–Trinajstić information content (AvgIpc) is 3.32. The molecule has 0 fully saturated rings. The topological polar surface area (TPSA) is 106 Å². The van der Waals surface area contributed by atoms with Gasteiger partial charge in [0.1, 0.15) is 5.71 Å². The highest BCUT2D eigenvalue weighted by Gasteiger charge is 2.45. The van der Waals surface area contributed by atoms with Crippen molar-refractivity contribution >= 4 is 52.1 Å². The number of amides is 2. The van der Waals surface area contributed by atoms with E-state index in [-0.39, 0.29) is 28.6 Å². The minimum Gasteiger partial charge on any atom is -0.478 e. The number of anilines is 3.